The Hall–Kier alpha value is -2.28. The average Bonchev–Trinajstić information content (AvgIpc) is 3.05. The Bertz CT molecular complexity index is 636. The maximum atomic E-state index is 11.7. The second kappa shape index (κ2) is 7.32. The Balaban J connectivity index is 1.53. The van der Waals surface area contributed by atoms with E-state index in [0.717, 1.165) is 31.5 Å². The van der Waals surface area contributed by atoms with Crippen molar-refractivity contribution in [1.82, 2.24) is 20.0 Å². The van der Waals surface area contributed by atoms with Crippen molar-refractivity contribution >= 4 is 5.97 Å². The van der Waals surface area contributed by atoms with E-state index in [-0.39, 0.29) is 11.9 Å². The lowest BCUT2D eigenvalue weighted by atomic mass is 9.97. The monoisotopic (exact) mass is 316 g/mol. The topological polar surface area (TPSA) is 81.4 Å². The van der Waals surface area contributed by atoms with Crippen LogP contribution in [0.5, 0.6) is 0 Å². The minimum Gasteiger partial charge on any atom is -0.466 e. The third-order valence-corrected chi connectivity index (χ3v) is 3.95. The number of pyridine rings is 1. The molecule has 0 aliphatic carbocycles. The Morgan fingerprint density at radius 1 is 1.43 bits per heavy atom. The van der Waals surface area contributed by atoms with Crippen molar-refractivity contribution < 1.29 is 14.1 Å². The summed E-state index contributed by atoms with van der Waals surface area (Å²) in [5, 5.41) is 3.99. The van der Waals surface area contributed by atoms with E-state index in [1.54, 1.807) is 12.4 Å². The highest BCUT2D eigenvalue weighted by Gasteiger charge is 2.26. The first-order valence-corrected chi connectivity index (χ1v) is 7.88. The van der Waals surface area contributed by atoms with Crippen LogP contribution in [0.15, 0.2) is 29.0 Å². The van der Waals surface area contributed by atoms with E-state index in [4.69, 9.17) is 9.26 Å². The first kappa shape index (κ1) is 15.6. The van der Waals surface area contributed by atoms with Crippen LogP contribution in [0.1, 0.15) is 25.7 Å². The van der Waals surface area contributed by atoms with E-state index in [1.807, 2.05) is 19.1 Å². The normalized spacial score (nSPS) is 16.4. The van der Waals surface area contributed by atoms with Gasteiger partial charge in [-0.2, -0.15) is 4.98 Å². The van der Waals surface area contributed by atoms with Crippen molar-refractivity contribution in [3.8, 4) is 11.4 Å². The largest absolute Gasteiger partial charge is 0.466 e. The van der Waals surface area contributed by atoms with Crippen molar-refractivity contribution in [3.05, 3.63) is 30.4 Å². The maximum Gasteiger partial charge on any atom is 0.309 e. The van der Waals surface area contributed by atoms with Crippen molar-refractivity contribution in [2.45, 2.75) is 26.3 Å². The Morgan fingerprint density at radius 3 is 2.96 bits per heavy atom. The number of carbonyl (C=O) groups excluding carboxylic acids is 1. The van der Waals surface area contributed by atoms with E-state index in [2.05, 4.69) is 20.0 Å². The molecule has 0 amide bonds. The van der Waals surface area contributed by atoms with Gasteiger partial charge in [0.15, 0.2) is 0 Å². The molecule has 0 unspecified atom stereocenters. The van der Waals surface area contributed by atoms with Gasteiger partial charge in [0.25, 0.3) is 0 Å². The van der Waals surface area contributed by atoms with Gasteiger partial charge in [0.1, 0.15) is 0 Å². The number of piperidine rings is 1. The predicted molar refractivity (Wildman–Crippen MR) is 82.2 cm³/mol. The molecule has 7 heteroatoms. The van der Waals surface area contributed by atoms with Crippen molar-refractivity contribution in [1.29, 1.82) is 0 Å². The SMILES string of the molecule is CCOC(=O)C1CCN(Cc2nc(-c3cccnc3)no2)CC1. The van der Waals surface area contributed by atoms with Gasteiger partial charge in [-0.05, 0) is 45.0 Å². The molecule has 0 spiro atoms. The zero-order chi connectivity index (χ0) is 16.1. The highest BCUT2D eigenvalue weighted by atomic mass is 16.5. The van der Waals surface area contributed by atoms with Crippen molar-refractivity contribution in [2.24, 2.45) is 5.92 Å². The molecule has 0 atom stereocenters. The zero-order valence-electron chi connectivity index (χ0n) is 13.1. The first-order valence-electron chi connectivity index (χ1n) is 7.88. The standard InChI is InChI=1S/C16H20N4O3/c1-2-22-16(21)12-5-8-20(9-6-12)11-14-18-15(19-23-14)13-4-3-7-17-10-13/h3-4,7,10,12H,2,5-6,8-9,11H2,1H3. The van der Waals surface area contributed by atoms with Crippen molar-refractivity contribution in [2.75, 3.05) is 19.7 Å². The van der Waals surface area contributed by atoms with Gasteiger partial charge in [0.05, 0.1) is 19.1 Å². The second-order valence-corrected chi connectivity index (χ2v) is 5.56. The van der Waals surface area contributed by atoms with E-state index in [0.29, 0.717) is 24.9 Å². The van der Waals surface area contributed by atoms with Crippen LogP contribution in [0.2, 0.25) is 0 Å². The van der Waals surface area contributed by atoms with Gasteiger partial charge < -0.3 is 9.26 Å². The number of ether oxygens (including phenoxy) is 1. The molecule has 1 fully saturated rings. The number of esters is 1. The molecule has 1 saturated heterocycles. The highest BCUT2D eigenvalue weighted by Crippen LogP contribution is 2.21. The van der Waals surface area contributed by atoms with Crippen LogP contribution in [-0.2, 0) is 16.1 Å². The molecule has 2 aromatic rings. The van der Waals surface area contributed by atoms with E-state index in [9.17, 15) is 4.79 Å². The average molecular weight is 316 g/mol. The summed E-state index contributed by atoms with van der Waals surface area (Å²) >= 11 is 0. The summed E-state index contributed by atoms with van der Waals surface area (Å²) < 4.78 is 10.4. The van der Waals surface area contributed by atoms with E-state index in [1.165, 1.54) is 0 Å². The minimum absolute atomic E-state index is 0.0137. The summed E-state index contributed by atoms with van der Waals surface area (Å²) in [6, 6.07) is 3.73. The number of rotatable bonds is 5. The predicted octanol–water partition coefficient (Wildman–Crippen LogP) is 1.91. The van der Waals surface area contributed by atoms with Gasteiger partial charge in [0, 0.05) is 18.0 Å². The van der Waals surface area contributed by atoms with Crippen LogP contribution in [0.4, 0.5) is 0 Å². The van der Waals surface area contributed by atoms with Crippen molar-refractivity contribution in [3.63, 3.8) is 0 Å². The molecule has 1 aliphatic heterocycles. The van der Waals surface area contributed by atoms with E-state index >= 15 is 0 Å². The third-order valence-electron chi connectivity index (χ3n) is 3.95. The number of hydrogen-bond acceptors (Lipinski definition) is 7. The Morgan fingerprint density at radius 2 is 2.26 bits per heavy atom. The summed E-state index contributed by atoms with van der Waals surface area (Å²) in [5.41, 5.74) is 0.837. The molecular formula is C16H20N4O3. The molecule has 3 heterocycles. The van der Waals surface area contributed by atoms with Crippen LogP contribution >= 0.6 is 0 Å². The lowest BCUT2D eigenvalue weighted by Gasteiger charge is -2.29. The Labute approximate surface area is 134 Å². The summed E-state index contributed by atoms with van der Waals surface area (Å²) in [5.74, 6) is 1.07. The molecule has 0 N–H and O–H groups in total. The van der Waals surface area contributed by atoms with Gasteiger partial charge in [-0.15, -0.1) is 0 Å². The molecule has 1 aliphatic rings. The summed E-state index contributed by atoms with van der Waals surface area (Å²) in [6.45, 7) is 4.53. The number of hydrogen-bond donors (Lipinski definition) is 0. The maximum absolute atomic E-state index is 11.7. The molecular weight excluding hydrogens is 296 g/mol. The van der Waals surface area contributed by atoms with Gasteiger partial charge in [-0.25, -0.2) is 0 Å². The second-order valence-electron chi connectivity index (χ2n) is 5.56. The van der Waals surface area contributed by atoms with Gasteiger partial charge in [0.2, 0.25) is 11.7 Å². The Kier molecular flexibility index (Phi) is 4.97. The van der Waals surface area contributed by atoms with Crippen LogP contribution in [0.3, 0.4) is 0 Å². The fourth-order valence-electron chi connectivity index (χ4n) is 2.71. The molecule has 2 aromatic heterocycles. The molecule has 0 aromatic carbocycles. The molecule has 3 rings (SSSR count). The zero-order valence-corrected chi connectivity index (χ0v) is 13.1. The molecule has 0 radical (unpaired) electrons. The van der Waals surface area contributed by atoms with Crippen LogP contribution in [-0.4, -0.2) is 45.7 Å². The summed E-state index contributed by atoms with van der Waals surface area (Å²) in [4.78, 5) is 22.4. The lowest BCUT2D eigenvalue weighted by Crippen LogP contribution is -2.36. The van der Waals surface area contributed by atoms with Gasteiger partial charge >= 0.3 is 5.97 Å². The number of carbonyl (C=O) groups is 1. The molecule has 122 valence electrons. The quantitative estimate of drug-likeness (QED) is 0.779. The fraction of sp³-hybridized carbons (Fsp3) is 0.500. The molecule has 0 saturated carbocycles. The first-order chi connectivity index (χ1) is 11.3. The number of nitrogens with zero attached hydrogens (tertiary/aromatic N) is 4. The minimum atomic E-state index is -0.0798. The number of aromatic nitrogens is 3. The van der Waals surface area contributed by atoms with Crippen LogP contribution in [0, 0.1) is 5.92 Å². The fourth-order valence-corrected chi connectivity index (χ4v) is 2.71. The van der Waals surface area contributed by atoms with Gasteiger partial charge in [-0.3, -0.25) is 14.7 Å². The molecule has 7 nitrogen and oxygen atoms in total. The van der Waals surface area contributed by atoms with Crippen LogP contribution < -0.4 is 0 Å². The molecule has 23 heavy (non-hydrogen) atoms. The molecule has 0 bridgehead atoms. The van der Waals surface area contributed by atoms with Crippen LogP contribution in [0.25, 0.3) is 11.4 Å². The lowest BCUT2D eigenvalue weighted by molar-refractivity contribution is -0.149. The van der Waals surface area contributed by atoms with E-state index < -0.39 is 0 Å². The third kappa shape index (κ3) is 3.92. The van der Waals surface area contributed by atoms with Gasteiger partial charge in [-0.1, -0.05) is 5.16 Å². The number of likely N-dealkylation sites (tertiary alicyclic amines) is 1. The summed E-state index contributed by atoms with van der Waals surface area (Å²) in [6.07, 6.45) is 5.03. The smallest absolute Gasteiger partial charge is 0.309 e. The highest BCUT2D eigenvalue weighted by molar-refractivity contribution is 5.72. The summed E-state index contributed by atoms with van der Waals surface area (Å²) in [7, 11) is 0.